The zero-order chi connectivity index (χ0) is 15.5. The van der Waals surface area contributed by atoms with Gasteiger partial charge >= 0.3 is 0 Å². The number of hydrogen-bond donors (Lipinski definition) is 2. The summed E-state index contributed by atoms with van der Waals surface area (Å²) in [5.41, 5.74) is 2.27. The number of carbonyl (C=O) groups is 1. The second-order valence-corrected chi connectivity index (χ2v) is 4.74. The quantitative estimate of drug-likeness (QED) is 0.774. The van der Waals surface area contributed by atoms with E-state index in [4.69, 9.17) is 9.15 Å². The first-order valence-electron chi connectivity index (χ1n) is 6.73. The van der Waals surface area contributed by atoms with E-state index >= 15 is 0 Å². The van der Waals surface area contributed by atoms with Crippen LogP contribution in [0.25, 0.3) is 11.5 Å². The summed E-state index contributed by atoms with van der Waals surface area (Å²) < 4.78 is 10.5. The van der Waals surface area contributed by atoms with Gasteiger partial charge in [0.25, 0.3) is 5.91 Å². The van der Waals surface area contributed by atoms with Gasteiger partial charge in [0, 0.05) is 17.4 Å². The second kappa shape index (κ2) is 5.77. The number of nitrogens with zero attached hydrogens (tertiary/aromatic N) is 1. The summed E-state index contributed by atoms with van der Waals surface area (Å²) in [6.45, 7) is 1.79. The van der Waals surface area contributed by atoms with Crippen LogP contribution in [0.15, 0.2) is 47.1 Å². The first-order valence-corrected chi connectivity index (χ1v) is 6.73. The highest BCUT2D eigenvalue weighted by Gasteiger charge is 2.21. The van der Waals surface area contributed by atoms with E-state index in [1.807, 2.05) is 12.1 Å². The van der Waals surface area contributed by atoms with Crippen molar-refractivity contribution >= 4 is 11.6 Å². The summed E-state index contributed by atoms with van der Waals surface area (Å²) in [6, 6.07) is 10.7. The molecular weight excluding hydrogens is 282 g/mol. The van der Waals surface area contributed by atoms with Gasteiger partial charge in [0.15, 0.2) is 5.76 Å². The lowest BCUT2D eigenvalue weighted by Gasteiger charge is -2.07. The number of furan rings is 1. The molecule has 0 bridgehead atoms. The van der Waals surface area contributed by atoms with Gasteiger partial charge in [-0.3, -0.25) is 9.89 Å². The maximum atomic E-state index is 12.6. The molecule has 0 fully saturated rings. The topological polar surface area (TPSA) is 80.2 Å². The van der Waals surface area contributed by atoms with E-state index in [2.05, 4.69) is 15.5 Å². The Kier molecular flexibility index (Phi) is 3.65. The zero-order valence-electron chi connectivity index (χ0n) is 12.2. The number of amides is 1. The third kappa shape index (κ3) is 2.58. The normalized spacial score (nSPS) is 10.5. The number of hydrogen-bond acceptors (Lipinski definition) is 4. The van der Waals surface area contributed by atoms with E-state index in [0.29, 0.717) is 34.1 Å². The Morgan fingerprint density at radius 2 is 2.18 bits per heavy atom. The van der Waals surface area contributed by atoms with Crippen LogP contribution in [-0.2, 0) is 0 Å². The smallest absolute Gasteiger partial charge is 0.259 e. The zero-order valence-corrected chi connectivity index (χ0v) is 12.2. The maximum Gasteiger partial charge on any atom is 0.259 e. The highest BCUT2D eigenvalue weighted by molar-refractivity contribution is 6.08. The van der Waals surface area contributed by atoms with Gasteiger partial charge < -0.3 is 14.5 Å². The molecule has 1 amide bonds. The molecule has 0 radical (unpaired) electrons. The lowest BCUT2D eigenvalue weighted by molar-refractivity contribution is 0.102. The monoisotopic (exact) mass is 297 g/mol. The SMILES string of the molecule is COc1cccc(NC(=O)c2c(-c3ccco3)n[nH]c2C)c1. The Hall–Kier alpha value is -3.02. The van der Waals surface area contributed by atoms with E-state index in [1.54, 1.807) is 44.6 Å². The Bertz CT molecular complexity index is 791. The molecule has 0 aliphatic carbocycles. The standard InChI is InChI=1S/C16H15N3O3/c1-10-14(15(19-18-10)13-7-4-8-22-13)16(20)17-11-5-3-6-12(9-11)21-2/h3-9H,1-2H3,(H,17,20)(H,18,19). The largest absolute Gasteiger partial charge is 0.497 e. The van der Waals surface area contributed by atoms with Crippen LogP contribution in [0.1, 0.15) is 16.1 Å². The summed E-state index contributed by atoms with van der Waals surface area (Å²) in [5.74, 6) is 0.957. The molecule has 0 aliphatic rings. The van der Waals surface area contributed by atoms with Crippen molar-refractivity contribution in [1.29, 1.82) is 0 Å². The molecule has 0 spiro atoms. The van der Waals surface area contributed by atoms with Crippen molar-refractivity contribution in [3.63, 3.8) is 0 Å². The summed E-state index contributed by atoms with van der Waals surface area (Å²) in [7, 11) is 1.58. The Balaban J connectivity index is 1.91. The molecular formula is C16H15N3O3. The minimum Gasteiger partial charge on any atom is -0.497 e. The number of aryl methyl sites for hydroxylation is 1. The van der Waals surface area contributed by atoms with Crippen LogP contribution in [0.4, 0.5) is 5.69 Å². The summed E-state index contributed by atoms with van der Waals surface area (Å²) in [5, 5.41) is 9.81. The van der Waals surface area contributed by atoms with E-state index in [1.165, 1.54) is 0 Å². The van der Waals surface area contributed by atoms with Crippen molar-refractivity contribution in [3.8, 4) is 17.2 Å². The third-order valence-electron chi connectivity index (χ3n) is 3.26. The van der Waals surface area contributed by atoms with Crippen molar-refractivity contribution in [3.05, 3.63) is 53.9 Å². The van der Waals surface area contributed by atoms with Gasteiger partial charge in [-0.1, -0.05) is 6.07 Å². The predicted octanol–water partition coefficient (Wildman–Crippen LogP) is 3.24. The molecule has 1 aromatic carbocycles. The van der Waals surface area contributed by atoms with Crippen LogP contribution in [0, 0.1) is 6.92 Å². The number of anilines is 1. The van der Waals surface area contributed by atoms with Crippen LogP contribution >= 0.6 is 0 Å². The number of nitrogens with one attached hydrogen (secondary N) is 2. The number of ether oxygens (including phenoxy) is 1. The Morgan fingerprint density at radius 3 is 2.91 bits per heavy atom. The van der Waals surface area contributed by atoms with Crippen LogP contribution < -0.4 is 10.1 Å². The van der Waals surface area contributed by atoms with Gasteiger partial charge in [-0.05, 0) is 31.2 Å². The molecule has 0 atom stereocenters. The van der Waals surface area contributed by atoms with Gasteiger partial charge in [-0.15, -0.1) is 0 Å². The van der Waals surface area contributed by atoms with Crippen LogP contribution in [0.2, 0.25) is 0 Å². The molecule has 3 rings (SSSR count). The fraction of sp³-hybridized carbons (Fsp3) is 0.125. The Morgan fingerprint density at radius 1 is 1.32 bits per heavy atom. The average Bonchev–Trinajstić information content (AvgIpc) is 3.16. The molecule has 0 aliphatic heterocycles. The number of carbonyl (C=O) groups excluding carboxylic acids is 1. The lowest BCUT2D eigenvalue weighted by atomic mass is 10.1. The molecule has 0 unspecified atom stereocenters. The minimum absolute atomic E-state index is 0.258. The second-order valence-electron chi connectivity index (χ2n) is 4.74. The van der Waals surface area contributed by atoms with Gasteiger partial charge in [0.05, 0.1) is 18.9 Å². The molecule has 3 aromatic rings. The molecule has 6 nitrogen and oxygen atoms in total. The van der Waals surface area contributed by atoms with Crippen molar-refractivity contribution in [2.24, 2.45) is 0 Å². The van der Waals surface area contributed by atoms with E-state index in [0.717, 1.165) is 0 Å². The van der Waals surface area contributed by atoms with Gasteiger partial charge in [-0.25, -0.2) is 0 Å². The minimum atomic E-state index is -0.258. The third-order valence-corrected chi connectivity index (χ3v) is 3.26. The van der Waals surface area contributed by atoms with Crippen LogP contribution in [0.3, 0.4) is 0 Å². The predicted molar refractivity (Wildman–Crippen MR) is 82.0 cm³/mol. The fourth-order valence-corrected chi connectivity index (χ4v) is 2.19. The average molecular weight is 297 g/mol. The number of methoxy groups -OCH3 is 1. The fourth-order valence-electron chi connectivity index (χ4n) is 2.19. The van der Waals surface area contributed by atoms with Gasteiger partial charge in [-0.2, -0.15) is 5.10 Å². The molecule has 0 saturated carbocycles. The first-order chi connectivity index (χ1) is 10.7. The first kappa shape index (κ1) is 13.9. The highest BCUT2D eigenvalue weighted by Crippen LogP contribution is 2.25. The van der Waals surface area contributed by atoms with Gasteiger partial charge in [0.1, 0.15) is 11.4 Å². The molecule has 2 N–H and O–H groups in total. The maximum absolute atomic E-state index is 12.6. The molecule has 22 heavy (non-hydrogen) atoms. The van der Waals surface area contributed by atoms with Crippen LogP contribution in [-0.4, -0.2) is 23.2 Å². The molecule has 2 aromatic heterocycles. The molecule has 6 heteroatoms. The van der Waals surface area contributed by atoms with Crippen molar-refractivity contribution in [2.45, 2.75) is 6.92 Å². The summed E-state index contributed by atoms with van der Waals surface area (Å²) in [4.78, 5) is 12.6. The number of benzene rings is 1. The van der Waals surface area contributed by atoms with Crippen LogP contribution in [0.5, 0.6) is 5.75 Å². The molecule has 2 heterocycles. The number of aromatic nitrogens is 2. The molecule has 112 valence electrons. The van der Waals surface area contributed by atoms with Gasteiger partial charge in [0.2, 0.25) is 0 Å². The highest BCUT2D eigenvalue weighted by atomic mass is 16.5. The molecule has 0 saturated heterocycles. The van der Waals surface area contributed by atoms with E-state index in [-0.39, 0.29) is 5.91 Å². The van der Waals surface area contributed by atoms with E-state index < -0.39 is 0 Å². The summed E-state index contributed by atoms with van der Waals surface area (Å²) >= 11 is 0. The van der Waals surface area contributed by atoms with Crippen molar-refractivity contribution in [1.82, 2.24) is 10.2 Å². The van der Waals surface area contributed by atoms with Crippen molar-refractivity contribution in [2.75, 3.05) is 12.4 Å². The number of aromatic amines is 1. The number of rotatable bonds is 4. The number of H-pyrrole nitrogens is 1. The Labute approximate surface area is 127 Å². The summed E-state index contributed by atoms with van der Waals surface area (Å²) in [6.07, 6.45) is 1.54. The van der Waals surface area contributed by atoms with Crippen molar-refractivity contribution < 1.29 is 13.9 Å². The lowest BCUT2D eigenvalue weighted by Crippen LogP contribution is -2.13. The van der Waals surface area contributed by atoms with E-state index in [9.17, 15) is 4.79 Å².